The van der Waals surface area contributed by atoms with Gasteiger partial charge in [-0.2, -0.15) is 0 Å². The molecule has 0 aliphatic rings. The van der Waals surface area contributed by atoms with Crippen LogP contribution >= 0.6 is 0 Å². The van der Waals surface area contributed by atoms with Gasteiger partial charge in [0.15, 0.2) is 0 Å². The molecule has 0 saturated heterocycles. The lowest BCUT2D eigenvalue weighted by Gasteiger charge is -2.17. The molecule has 2 N–H and O–H groups in total. The topological polar surface area (TPSA) is 58.2 Å². The van der Waals surface area contributed by atoms with E-state index in [0.717, 1.165) is 16.0 Å². The van der Waals surface area contributed by atoms with Crippen LogP contribution in [0.25, 0.3) is 0 Å². The molecule has 0 spiro atoms. The Morgan fingerprint density at radius 2 is 1.73 bits per heavy atom. The molecule has 0 aromatic heterocycles. The summed E-state index contributed by atoms with van der Waals surface area (Å²) < 4.78 is 11.3. The molecule has 0 saturated carbocycles. The summed E-state index contributed by atoms with van der Waals surface area (Å²) >= 11 is 0. The average Bonchev–Trinajstić information content (AvgIpc) is 2.48. The molecule has 0 radical (unpaired) electrons. The van der Waals surface area contributed by atoms with Crippen molar-refractivity contribution in [2.75, 3.05) is 11.6 Å². The number of carbonyl (C=O) groups excluding carboxylic acids is 1. The van der Waals surface area contributed by atoms with E-state index in [0.29, 0.717) is 5.69 Å². The number of anilines is 1. The second kappa shape index (κ2) is 7.22. The van der Waals surface area contributed by atoms with Crippen LogP contribution < -0.4 is 10.6 Å². The number of hydrogen-bond acceptors (Lipinski definition) is 2. The zero-order valence-electron chi connectivity index (χ0n) is 12.9. The van der Waals surface area contributed by atoms with Gasteiger partial charge in [0, 0.05) is 27.6 Å². The average molecular weight is 316 g/mol. The SMILES string of the molecule is Cc1ccccc1[C@H](C)NC(=O)Nc1ccc([S@](C)=O)cc1. The maximum absolute atomic E-state index is 12.0. The quantitative estimate of drug-likeness (QED) is 0.905. The van der Waals surface area contributed by atoms with Gasteiger partial charge in [-0.3, -0.25) is 4.21 Å². The van der Waals surface area contributed by atoms with Crippen molar-refractivity contribution in [2.24, 2.45) is 0 Å². The first-order valence-electron chi connectivity index (χ1n) is 7.04. The van der Waals surface area contributed by atoms with Crippen LogP contribution in [0.2, 0.25) is 0 Å². The van der Waals surface area contributed by atoms with Gasteiger partial charge in [0.2, 0.25) is 0 Å². The van der Waals surface area contributed by atoms with Gasteiger partial charge in [-0.15, -0.1) is 0 Å². The van der Waals surface area contributed by atoms with Crippen LogP contribution in [0.4, 0.5) is 10.5 Å². The zero-order chi connectivity index (χ0) is 16.1. The number of urea groups is 1. The van der Waals surface area contributed by atoms with Crippen LogP contribution in [0.5, 0.6) is 0 Å². The summed E-state index contributed by atoms with van der Waals surface area (Å²) in [6.07, 6.45) is 1.62. The van der Waals surface area contributed by atoms with Gasteiger partial charge in [-0.05, 0) is 49.2 Å². The predicted molar refractivity (Wildman–Crippen MR) is 90.5 cm³/mol. The third kappa shape index (κ3) is 4.18. The third-order valence-electron chi connectivity index (χ3n) is 3.45. The predicted octanol–water partition coefficient (Wildman–Crippen LogP) is 3.62. The van der Waals surface area contributed by atoms with Crippen molar-refractivity contribution in [1.82, 2.24) is 5.32 Å². The highest BCUT2D eigenvalue weighted by molar-refractivity contribution is 7.84. The van der Waals surface area contributed by atoms with Gasteiger partial charge in [0.05, 0.1) is 6.04 Å². The number of amides is 2. The summed E-state index contributed by atoms with van der Waals surface area (Å²) in [6, 6.07) is 14.6. The summed E-state index contributed by atoms with van der Waals surface area (Å²) in [7, 11) is -1.01. The van der Waals surface area contributed by atoms with E-state index in [9.17, 15) is 9.00 Å². The Kier molecular flexibility index (Phi) is 5.33. The molecular weight excluding hydrogens is 296 g/mol. The highest BCUT2D eigenvalue weighted by Gasteiger charge is 2.11. The monoisotopic (exact) mass is 316 g/mol. The van der Waals surface area contributed by atoms with Crippen molar-refractivity contribution in [2.45, 2.75) is 24.8 Å². The Hall–Kier alpha value is -2.14. The largest absolute Gasteiger partial charge is 0.331 e. The molecule has 2 atom stereocenters. The van der Waals surface area contributed by atoms with Gasteiger partial charge >= 0.3 is 6.03 Å². The molecule has 22 heavy (non-hydrogen) atoms. The Bertz CT molecular complexity index is 683. The van der Waals surface area contributed by atoms with Crippen LogP contribution in [0.1, 0.15) is 24.1 Å². The molecule has 2 aromatic rings. The van der Waals surface area contributed by atoms with E-state index in [4.69, 9.17) is 0 Å². The second-order valence-electron chi connectivity index (χ2n) is 5.16. The molecule has 2 amide bonds. The second-order valence-corrected chi connectivity index (χ2v) is 6.53. The van der Waals surface area contributed by atoms with Crippen LogP contribution in [0.3, 0.4) is 0 Å². The summed E-state index contributed by atoms with van der Waals surface area (Å²) in [5, 5.41) is 5.69. The molecular formula is C17H20N2O2S. The fourth-order valence-electron chi connectivity index (χ4n) is 2.24. The minimum atomic E-state index is -1.01. The zero-order valence-corrected chi connectivity index (χ0v) is 13.7. The fraction of sp³-hybridized carbons (Fsp3) is 0.235. The first kappa shape index (κ1) is 16.2. The lowest BCUT2D eigenvalue weighted by atomic mass is 10.0. The van der Waals surface area contributed by atoms with Crippen molar-refractivity contribution >= 4 is 22.5 Å². The Balaban J connectivity index is 1.98. The summed E-state index contributed by atoms with van der Waals surface area (Å²) in [5.41, 5.74) is 2.91. The Morgan fingerprint density at radius 3 is 2.32 bits per heavy atom. The molecule has 4 nitrogen and oxygen atoms in total. The number of nitrogens with one attached hydrogen (secondary N) is 2. The highest BCUT2D eigenvalue weighted by atomic mass is 32.2. The molecule has 5 heteroatoms. The van der Waals surface area contributed by atoms with E-state index in [2.05, 4.69) is 10.6 Å². The third-order valence-corrected chi connectivity index (χ3v) is 4.38. The molecule has 2 aromatic carbocycles. The summed E-state index contributed by atoms with van der Waals surface area (Å²) in [6.45, 7) is 3.97. The van der Waals surface area contributed by atoms with Gasteiger partial charge in [-0.1, -0.05) is 24.3 Å². The van der Waals surface area contributed by atoms with Crippen LogP contribution in [0.15, 0.2) is 53.4 Å². The molecule has 0 aliphatic carbocycles. The molecule has 2 rings (SSSR count). The van der Waals surface area contributed by atoms with E-state index in [1.165, 1.54) is 0 Å². The van der Waals surface area contributed by atoms with E-state index in [1.54, 1.807) is 30.5 Å². The summed E-state index contributed by atoms with van der Waals surface area (Å²) in [4.78, 5) is 12.8. The fourth-order valence-corrected chi connectivity index (χ4v) is 2.76. The van der Waals surface area contributed by atoms with Crippen molar-refractivity contribution in [3.8, 4) is 0 Å². The number of benzene rings is 2. The molecule has 0 unspecified atom stereocenters. The van der Waals surface area contributed by atoms with Crippen LogP contribution in [0, 0.1) is 6.92 Å². The van der Waals surface area contributed by atoms with Gasteiger partial charge in [-0.25, -0.2) is 4.79 Å². The number of rotatable bonds is 4. The first-order chi connectivity index (χ1) is 10.5. The summed E-state index contributed by atoms with van der Waals surface area (Å²) in [5.74, 6) is 0. The lowest BCUT2D eigenvalue weighted by molar-refractivity contribution is 0.249. The van der Waals surface area contributed by atoms with E-state index in [-0.39, 0.29) is 12.1 Å². The molecule has 0 heterocycles. The maximum Gasteiger partial charge on any atom is 0.319 e. The minimum Gasteiger partial charge on any atom is -0.331 e. The minimum absolute atomic E-state index is 0.0800. The van der Waals surface area contributed by atoms with E-state index in [1.807, 2.05) is 38.1 Å². The van der Waals surface area contributed by atoms with E-state index < -0.39 is 10.8 Å². The van der Waals surface area contributed by atoms with E-state index >= 15 is 0 Å². The smallest absolute Gasteiger partial charge is 0.319 e. The van der Waals surface area contributed by atoms with Gasteiger partial charge in [0.1, 0.15) is 0 Å². The number of hydrogen-bond donors (Lipinski definition) is 2. The van der Waals surface area contributed by atoms with Crippen LogP contribution in [-0.4, -0.2) is 16.5 Å². The Morgan fingerprint density at radius 1 is 1.09 bits per heavy atom. The molecule has 0 bridgehead atoms. The van der Waals surface area contributed by atoms with Gasteiger partial charge < -0.3 is 10.6 Å². The Labute approximate surface area is 133 Å². The lowest BCUT2D eigenvalue weighted by Crippen LogP contribution is -2.31. The van der Waals surface area contributed by atoms with Gasteiger partial charge in [0.25, 0.3) is 0 Å². The van der Waals surface area contributed by atoms with Crippen molar-refractivity contribution < 1.29 is 9.00 Å². The van der Waals surface area contributed by atoms with Crippen molar-refractivity contribution in [1.29, 1.82) is 0 Å². The highest BCUT2D eigenvalue weighted by Crippen LogP contribution is 2.17. The normalized spacial score (nSPS) is 13.2. The standard InChI is InChI=1S/C17H20N2O2S/c1-12-6-4-5-7-16(12)13(2)18-17(20)19-14-8-10-15(11-9-14)22(3)21/h4-11,13H,1-3H3,(H2,18,19,20)/t13-,22-/m0/s1. The molecule has 0 fully saturated rings. The van der Waals surface area contributed by atoms with Crippen molar-refractivity contribution in [3.05, 3.63) is 59.7 Å². The first-order valence-corrected chi connectivity index (χ1v) is 8.59. The van der Waals surface area contributed by atoms with Crippen molar-refractivity contribution in [3.63, 3.8) is 0 Å². The molecule has 0 aliphatic heterocycles. The maximum atomic E-state index is 12.0. The number of aryl methyl sites for hydroxylation is 1. The molecule has 116 valence electrons. The van der Waals surface area contributed by atoms with Crippen LogP contribution in [-0.2, 0) is 10.8 Å². The number of carbonyl (C=O) groups is 1.